The van der Waals surface area contributed by atoms with Crippen molar-refractivity contribution in [3.05, 3.63) is 64.7 Å². The summed E-state index contributed by atoms with van der Waals surface area (Å²) in [5.41, 5.74) is 1.62. The van der Waals surface area contributed by atoms with Crippen molar-refractivity contribution in [1.82, 2.24) is 4.31 Å². The lowest BCUT2D eigenvalue weighted by molar-refractivity contribution is 0.428. The number of rotatable bonds is 5. The van der Waals surface area contributed by atoms with Gasteiger partial charge in [0.15, 0.2) is 9.84 Å². The van der Waals surface area contributed by atoms with Crippen molar-refractivity contribution in [2.45, 2.75) is 36.3 Å². The topological polar surface area (TPSA) is 71.5 Å². The number of sulfone groups is 1. The highest BCUT2D eigenvalue weighted by Crippen LogP contribution is 2.34. The third-order valence-electron chi connectivity index (χ3n) is 5.05. The standard InChI is InChI=1S/C20H24ClNO4S2/c1-2-5-16-8-10-17(11-9-16)28(25,26)22-13-12-20(27(23,24)15-14-22)18-6-3-4-7-19(18)21/h3-4,6-11,20H,2,5,12-15H2,1H3. The van der Waals surface area contributed by atoms with Gasteiger partial charge in [-0.2, -0.15) is 4.31 Å². The number of halogens is 1. The second-order valence-electron chi connectivity index (χ2n) is 6.96. The van der Waals surface area contributed by atoms with Crippen LogP contribution in [0, 0.1) is 0 Å². The van der Waals surface area contributed by atoms with E-state index in [1.54, 1.807) is 36.4 Å². The largest absolute Gasteiger partial charge is 0.243 e. The fourth-order valence-corrected chi connectivity index (χ4v) is 7.23. The lowest BCUT2D eigenvalue weighted by Gasteiger charge is -2.20. The molecule has 1 aliphatic heterocycles. The molecule has 0 bridgehead atoms. The van der Waals surface area contributed by atoms with Crippen molar-refractivity contribution < 1.29 is 16.8 Å². The van der Waals surface area contributed by atoms with E-state index >= 15 is 0 Å². The van der Waals surface area contributed by atoms with E-state index in [4.69, 9.17) is 11.6 Å². The van der Waals surface area contributed by atoms with E-state index in [2.05, 4.69) is 6.92 Å². The fraction of sp³-hybridized carbons (Fsp3) is 0.400. The summed E-state index contributed by atoms with van der Waals surface area (Å²) >= 11 is 6.20. The van der Waals surface area contributed by atoms with Gasteiger partial charge in [-0.1, -0.05) is 55.3 Å². The van der Waals surface area contributed by atoms with E-state index in [0.29, 0.717) is 10.6 Å². The van der Waals surface area contributed by atoms with Gasteiger partial charge in [0.05, 0.1) is 15.9 Å². The Labute approximate surface area is 172 Å². The van der Waals surface area contributed by atoms with Crippen molar-refractivity contribution in [3.63, 3.8) is 0 Å². The van der Waals surface area contributed by atoms with Gasteiger partial charge in [0, 0.05) is 18.1 Å². The quantitative estimate of drug-likeness (QED) is 0.706. The molecule has 2 aromatic rings. The Morgan fingerprint density at radius 3 is 2.39 bits per heavy atom. The summed E-state index contributed by atoms with van der Waals surface area (Å²) in [6.07, 6.45) is 2.06. The Morgan fingerprint density at radius 1 is 1.07 bits per heavy atom. The summed E-state index contributed by atoms with van der Waals surface area (Å²) in [5, 5.41) is -0.410. The van der Waals surface area contributed by atoms with Gasteiger partial charge >= 0.3 is 0 Å². The molecule has 0 aromatic heterocycles. The maximum atomic E-state index is 13.0. The van der Waals surface area contributed by atoms with Crippen LogP contribution in [0.5, 0.6) is 0 Å². The molecule has 8 heteroatoms. The maximum absolute atomic E-state index is 13.0. The smallest absolute Gasteiger partial charge is 0.228 e. The van der Waals surface area contributed by atoms with Gasteiger partial charge in [-0.25, -0.2) is 16.8 Å². The molecule has 0 aliphatic carbocycles. The number of nitrogens with zero attached hydrogens (tertiary/aromatic N) is 1. The van der Waals surface area contributed by atoms with Gasteiger partial charge in [0.1, 0.15) is 0 Å². The highest BCUT2D eigenvalue weighted by atomic mass is 35.5. The van der Waals surface area contributed by atoms with Crippen LogP contribution in [0.25, 0.3) is 0 Å². The number of hydrogen-bond acceptors (Lipinski definition) is 4. The first kappa shape index (κ1) is 21.3. The number of aryl methyl sites for hydroxylation is 1. The van der Waals surface area contributed by atoms with Crippen molar-refractivity contribution in [1.29, 1.82) is 0 Å². The Kier molecular flexibility index (Phi) is 6.49. The predicted molar refractivity (Wildman–Crippen MR) is 112 cm³/mol. The normalized spacial score (nSPS) is 20.6. The van der Waals surface area contributed by atoms with Gasteiger partial charge in [-0.3, -0.25) is 0 Å². The summed E-state index contributed by atoms with van der Waals surface area (Å²) in [5.74, 6) is -0.226. The van der Waals surface area contributed by atoms with Gasteiger partial charge in [0.2, 0.25) is 10.0 Å². The van der Waals surface area contributed by atoms with Crippen molar-refractivity contribution in [2.75, 3.05) is 18.8 Å². The zero-order chi connectivity index (χ0) is 20.4. The van der Waals surface area contributed by atoms with Crippen LogP contribution in [0.4, 0.5) is 0 Å². The summed E-state index contributed by atoms with van der Waals surface area (Å²) in [4.78, 5) is 0.195. The molecule has 28 heavy (non-hydrogen) atoms. The predicted octanol–water partition coefficient (Wildman–Crippen LogP) is 3.84. The average molecular weight is 442 g/mol. The molecule has 3 rings (SSSR count). The highest BCUT2D eigenvalue weighted by Gasteiger charge is 2.36. The first-order valence-corrected chi connectivity index (χ1v) is 12.8. The molecular weight excluding hydrogens is 418 g/mol. The van der Waals surface area contributed by atoms with E-state index in [1.807, 2.05) is 12.1 Å². The molecule has 152 valence electrons. The Balaban J connectivity index is 1.86. The first-order valence-electron chi connectivity index (χ1n) is 9.31. The van der Waals surface area contributed by atoms with Crippen molar-refractivity contribution in [3.8, 4) is 0 Å². The van der Waals surface area contributed by atoms with Crippen LogP contribution in [0.1, 0.15) is 36.1 Å². The molecule has 2 aromatic carbocycles. The van der Waals surface area contributed by atoms with Crippen LogP contribution in [0.3, 0.4) is 0 Å². The van der Waals surface area contributed by atoms with Gasteiger partial charge in [0.25, 0.3) is 0 Å². The number of hydrogen-bond donors (Lipinski definition) is 0. The van der Waals surface area contributed by atoms with Crippen LogP contribution < -0.4 is 0 Å². The third kappa shape index (κ3) is 4.43. The minimum atomic E-state index is -3.75. The molecule has 0 N–H and O–H groups in total. The summed E-state index contributed by atoms with van der Waals surface area (Å²) in [7, 11) is -7.26. The minimum Gasteiger partial charge on any atom is -0.228 e. The van der Waals surface area contributed by atoms with Crippen molar-refractivity contribution in [2.24, 2.45) is 0 Å². The number of benzene rings is 2. The zero-order valence-corrected chi connectivity index (χ0v) is 18.1. The number of sulfonamides is 1. The Bertz CT molecular complexity index is 1030. The van der Waals surface area contributed by atoms with E-state index in [0.717, 1.165) is 18.4 Å². The molecule has 0 saturated carbocycles. The minimum absolute atomic E-state index is 0.0532. The van der Waals surface area contributed by atoms with Gasteiger partial charge in [-0.15, -0.1) is 0 Å². The Morgan fingerprint density at radius 2 is 1.75 bits per heavy atom. The van der Waals surface area contributed by atoms with E-state index < -0.39 is 25.1 Å². The summed E-state index contributed by atoms with van der Waals surface area (Å²) in [6.45, 7) is 2.15. The van der Waals surface area contributed by atoms with Crippen molar-refractivity contribution >= 4 is 31.5 Å². The maximum Gasteiger partial charge on any atom is 0.243 e. The van der Waals surface area contributed by atoms with Crippen LogP contribution in [-0.4, -0.2) is 40.0 Å². The summed E-state index contributed by atoms with van der Waals surface area (Å²) in [6, 6.07) is 13.7. The van der Waals surface area contributed by atoms with Gasteiger partial charge in [-0.05, 0) is 42.2 Å². The van der Waals surface area contributed by atoms with Crippen LogP contribution in [0.2, 0.25) is 5.02 Å². The zero-order valence-electron chi connectivity index (χ0n) is 15.7. The fourth-order valence-electron chi connectivity index (χ4n) is 3.52. The SMILES string of the molecule is CCCc1ccc(S(=O)(=O)N2CCC(c3ccccc3Cl)S(=O)(=O)CC2)cc1. The monoisotopic (exact) mass is 441 g/mol. The van der Waals surface area contributed by atoms with Crippen LogP contribution >= 0.6 is 11.6 Å². The molecule has 0 spiro atoms. The van der Waals surface area contributed by atoms with E-state index in [1.165, 1.54) is 4.31 Å². The molecule has 1 aliphatic rings. The highest BCUT2D eigenvalue weighted by molar-refractivity contribution is 7.92. The third-order valence-corrected chi connectivity index (χ3v) is 9.42. The van der Waals surface area contributed by atoms with Crippen LogP contribution in [0.15, 0.2) is 53.4 Å². The molecule has 1 atom stereocenters. The first-order chi connectivity index (χ1) is 13.3. The van der Waals surface area contributed by atoms with E-state index in [9.17, 15) is 16.8 Å². The molecule has 1 unspecified atom stereocenters. The molecule has 0 radical (unpaired) electrons. The molecule has 1 saturated heterocycles. The lowest BCUT2D eigenvalue weighted by Crippen LogP contribution is -2.33. The molecular formula is C20H24ClNO4S2. The lowest BCUT2D eigenvalue weighted by atomic mass is 10.1. The van der Waals surface area contributed by atoms with Crippen LogP contribution in [-0.2, 0) is 26.3 Å². The molecule has 5 nitrogen and oxygen atoms in total. The molecule has 0 amide bonds. The van der Waals surface area contributed by atoms with Gasteiger partial charge < -0.3 is 0 Å². The van der Waals surface area contributed by atoms with E-state index in [-0.39, 0.29) is 30.2 Å². The molecule has 1 heterocycles. The Hall–Kier alpha value is -1.41. The summed E-state index contributed by atoms with van der Waals surface area (Å²) < 4.78 is 52.9. The molecule has 1 fully saturated rings. The second-order valence-corrected chi connectivity index (χ2v) is 11.6. The average Bonchev–Trinajstić information content (AvgIpc) is 2.81. The second kappa shape index (κ2) is 8.53.